The third kappa shape index (κ3) is 6.71. The fourth-order valence-electron chi connectivity index (χ4n) is 5.13. The number of aromatic nitrogens is 1. The predicted molar refractivity (Wildman–Crippen MR) is 176 cm³/mol. The van der Waals surface area contributed by atoms with Crippen molar-refractivity contribution in [3.05, 3.63) is 119 Å². The third-order valence-corrected chi connectivity index (χ3v) is 8.38. The monoisotopic (exact) mass is 657 g/mol. The number of allylic oxidation sites excluding steroid dienone is 1. The molecule has 5 rings (SSSR count). The molecule has 0 fully saturated rings. The SMILES string of the molecule is CCOC(=O)C1=C(C)N=c2s/c(=C/c3cc(Cl)ccc3OCc3ccccc3C#N)c(=O)n2[C@H]1c1ccc(OC(C)C)c(OC)c1. The van der Waals surface area contributed by atoms with Crippen molar-refractivity contribution in [2.75, 3.05) is 13.7 Å². The second-order valence-electron chi connectivity index (χ2n) is 10.6. The van der Waals surface area contributed by atoms with Gasteiger partial charge in [-0.25, -0.2) is 9.79 Å². The number of thiazole rings is 1. The number of carbonyl (C=O) groups is 1. The zero-order valence-corrected chi connectivity index (χ0v) is 27.6. The van der Waals surface area contributed by atoms with Gasteiger partial charge in [-0.1, -0.05) is 47.2 Å². The molecule has 0 spiro atoms. The van der Waals surface area contributed by atoms with Crippen LogP contribution < -0.4 is 29.1 Å². The fourth-order valence-corrected chi connectivity index (χ4v) is 6.35. The lowest BCUT2D eigenvalue weighted by atomic mass is 9.95. The van der Waals surface area contributed by atoms with E-state index in [0.717, 1.165) is 5.56 Å². The van der Waals surface area contributed by atoms with Gasteiger partial charge < -0.3 is 18.9 Å². The Bertz CT molecular complexity index is 2060. The second kappa shape index (κ2) is 14.1. The van der Waals surface area contributed by atoms with Crippen LogP contribution in [0, 0.1) is 11.3 Å². The van der Waals surface area contributed by atoms with E-state index in [0.29, 0.717) is 54.0 Å². The van der Waals surface area contributed by atoms with Gasteiger partial charge in [0, 0.05) is 16.1 Å². The Morgan fingerprint density at radius 3 is 2.61 bits per heavy atom. The van der Waals surface area contributed by atoms with Crippen LogP contribution in [0.4, 0.5) is 0 Å². The number of esters is 1. The first-order valence-corrected chi connectivity index (χ1v) is 15.8. The number of hydrogen-bond donors (Lipinski definition) is 0. The molecule has 46 heavy (non-hydrogen) atoms. The number of halogens is 1. The van der Waals surface area contributed by atoms with Gasteiger partial charge in [0.1, 0.15) is 12.4 Å². The van der Waals surface area contributed by atoms with Crippen molar-refractivity contribution >= 4 is 35.0 Å². The molecule has 236 valence electrons. The molecule has 1 aromatic heterocycles. The van der Waals surface area contributed by atoms with E-state index in [2.05, 4.69) is 11.1 Å². The molecule has 0 amide bonds. The number of nitrogens with zero attached hydrogens (tertiary/aromatic N) is 3. The van der Waals surface area contributed by atoms with E-state index in [1.165, 1.54) is 23.0 Å². The highest BCUT2D eigenvalue weighted by Crippen LogP contribution is 2.36. The van der Waals surface area contributed by atoms with Gasteiger partial charge in [0.2, 0.25) is 0 Å². The van der Waals surface area contributed by atoms with Gasteiger partial charge in [0.15, 0.2) is 16.3 Å². The molecular weight excluding hydrogens is 626 g/mol. The van der Waals surface area contributed by atoms with Crippen LogP contribution in [0.2, 0.25) is 5.02 Å². The molecule has 0 saturated carbocycles. The van der Waals surface area contributed by atoms with Gasteiger partial charge in [0.05, 0.1) is 53.3 Å². The number of hydrogen-bond acceptors (Lipinski definition) is 9. The third-order valence-electron chi connectivity index (χ3n) is 7.16. The smallest absolute Gasteiger partial charge is 0.338 e. The molecule has 3 aromatic carbocycles. The molecule has 0 aliphatic carbocycles. The molecule has 1 aliphatic heterocycles. The van der Waals surface area contributed by atoms with Crippen LogP contribution >= 0.6 is 22.9 Å². The average Bonchev–Trinajstić information content (AvgIpc) is 3.33. The number of methoxy groups -OCH3 is 1. The van der Waals surface area contributed by atoms with E-state index in [1.807, 2.05) is 32.0 Å². The minimum absolute atomic E-state index is 0.0869. The summed E-state index contributed by atoms with van der Waals surface area (Å²) in [6, 6.07) is 19.0. The molecule has 0 bridgehead atoms. The maximum atomic E-state index is 14.2. The van der Waals surface area contributed by atoms with E-state index in [1.54, 1.807) is 62.4 Å². The minimum Gasteiger partial charge on any atom is -0.493 e. The first-order valence-electron chi connectivity index (χ1n) is 14.6. The van der Waals surface area contributed by atoms with Crippen LogP contribution in [0.15, 0.2) is 81.7 Å². The molecule has 1 aliphatic rings. The highest BCUT2D eigenvalue weighted by Gasteiger charge is 2.34. The summed E-state index contributed by atoms with van der Waals surface area (Å²) < 4.78 is 24.9. The number of ether oxygens (including phenoxy) is 4. The Morgan fingerprint density at radius 2 is 1.89 bits per heavy atom. The topological polar surface area (TPSA) is 112 Å². The van der Waals surface area contributed by atoms with Gasteiger partial charge in [-0.05, 0) is 75.7 Å². The zero-order chi connectivity index (χ0) is 33.0. The molecule has 1 atom stereocenters. The van der Waals surface area contributed by atoms with Crippen LogP contribution in [0.3, 0.4) is 0 Å². The minimum atomic E-state index is -0.836. The van der Waals surface area contributed by atoms with Gasteiger partial charge in [-0.2, -0.15) is 5.26 Å². The molecule has 0 N–H and O–H groups in total. The highest BCUT2D eigenvalue weighted by molar-refractivity contribution is 7.07. The van der Waals surface area contributed by atoms with Crippen molar-refractivity contribution in [1.82, 2.24) is 4.57 Å². The van der Waals surface area contributed by atoms with Crippen molar-refractivity contribution in [3.63, 3.8) is 0 Å². The lowest BCUT2D eigenvalue weighted by Crippen LogP contribution is -2.40. The Balaban J connectivity index is 1.64. The number of carbonyl (C=O) groups excluding carboxylic acids is 1. The summed E-state index contributed by atoms with van der Waals surface area (Å²) in [5.74, 6) is 0.920. The standard InChI is InChI=1S/C35H32ClN3O6S/c1-6-43-34(41)31-21(4)38-35-39(32(31)22-11-13-28(45-20(2)3)29(16-22)42-5)33(40)30(46-35)17-25-15-26(36)12-14-27(25)44-19-24-10-8-7-9-23(24)18-37/h7-17,20,32H,6,19H2,1-5H3/b30-17+/t32-/m0/s1. The number of benzene rings is 3. The predicted octanol–water partition coefficient (Wildman–Crippen LogP) is 5.70. The fraction of sp³-hybridized carbons (Fsp3) is 0.257. The second-order valence-corrected chi connectivity index (χ2v) is 12.1. The molecule has 0 saturated heterocycles. The van der Waals surface area contributed by atoms with Gasteiger partial charge >= 0.3 is 5.97 Å². The van der Waals surface area contributed by atoms with Crippen molar-refractivity contribution in [3.8, 4) is 23.3 Å². The number of nitriles is 1. The summed E-state index contributed by atoms with van der Waals surface area (Å²) in [7, 11) is 1.54. The van der Waals surface area contributed by atoms with Crippen LogP contribution in [0.5, 0.6) is 17.2 Å². The van der Waals surface area contributed by atoms with E-state index < -0.39 is 12.0 Å². The van der Waals surface area contributed by atoms with Crippen LogP contribution in [0.1, 0.15) is 56.0 Å². The summed E-state index contributed by atoms with van der Waals surface area (Å²) in [6.45, 7) is 7.59. The van der Waals surface area contributed by atoms with Crippen molar-refractivity contribution in [2.24, 2.45) is 4.99 Å². The average molecular weight is 658 g/mol. The summed E-state index contributed by atoms with van der Waals surface area (Å²) >= 11 is 7.56. The van der Waals surface area contributed by atoms with E-state index in [9.17, 15) is 14.9 Å². The van der Waals surface area contributed by atoms with E-state index >= 15 is 0 Å². The normalized spacial score (nSPS) is 14.4. The first kappa shape index (κ1) is 32.5. The quantitative estimate of drug-likeness (QED) is 0.201. The Morgan fingerprint density at radius 1 is 1.13 bits per heavy atom. The lowest BCUT2D eigenvalue weighted by Gasteiger charge is -2.25. The molecule has 9 nitrogen and oxygen atoms in total. The van der Waals surface area contributed by atoms with E-state index in [4.69, 9.17) is 30.5 Å². The first-order chi connectivity index (χ1) is 22.1. The maximum Gasteiger partial charge on any atom is 0.338 e. The molecule has 4 aromatic rings. The summed E-state index contributed by atoms with van der Waals surface area (Å²) in [5, 5.41) is 9.93. The zero-order valence-electron chi connectivity index (χ0n) is 26.0. The lowest BCUT2D eigenvalue weighted by molar-refractivity contribution is -0.139. The summed E-state index contributed by atoms with van der Waals surface area (Å²) in [6.07, 6.45) is 1.61. The Kier molecular flexibility index (Phi) is 9.95. The largest absolute Gasteiger partial charge is 0.493 e. The van der Waals surface area contributed by atoms with Gasteiger partial charge in [-0.15, -0.1) is 0 Å². The maximum absolute atomic E-state index is 14.2. The summed E-state index contributed by atoms with van der Waals surface area (Å²) in [5.41, 5.74) is 2.78. The van der Waals surface area contributed by atoms with Gasteiger partial charge in [-0.3, -0.25) is 9.36 Å². The molecular formula is C35H32ClN3O6S. The van der Waals surface area contributed by atoms with Crippen LogP contribution in [-0.4, -0.2) is 30.4 Å². The number of rotatable bonds is 10. The van der Waals surface area contributed by atoms with Crippen LogP contribution in [0.25, 0.3) is 6.08 Å². The van der Waals surface area contributed by atoms with Gasteiger partial charge in [0.25, 0.3) is 5.56 Å². The van der Waals surface area contributed by atoms with Crippen LogP contribution in [-0.2, 0) is 16.1 Å². The van der Waals surface area contributed by atoms with Crippen molar-refractivity contribution in [2.45, 2.75) is 46.4 Å². The molecule has 0 radical (unpaired) electrons. The molecule has 0 unspecified atom stereocenters. The highest BCUT2D eigenvalue weighted by atomic mass is 35.5. The number of fused-ring (bicyclic) bond motifs is 1. The van der Waals surface area contributed by atoms with E-state index in [-0.39, 0.29) is 30.5 Å². The summed E-state index contributed by atoms with van der Waals surface area (Å²) in [4.78, 5) is 32.6. The molecule has 2 heterocycles. The molecule has 11 heteroatoms. The van der Waals surface area contributed by atoms with Crippen molar-refractivity contribution < 1.29 is 23.7 Å². The Labute approximate surface area is 275 Å². The Hall–Kier alpha value is -4.85. The van der Waals surface area contributed by atoms with Crippen molar-refractivity contribution in [1.29, 1.82) is 5.26 Å².